The molecule has 0 aliphatic carbocycles. The minimum atomic E-state index is -0.174. The molecule has 1 atom stereocenters. The van der Waals surface area contributed by atoms with Crippen LogP contribution in [0.1, 0.15) is 103 Å². The Bertz CT molecular complexity index is 253. The Kier molecular flexibility index (Phi) is 17.3. The van der Waals surface area contributed by atoms with Gasteiger partial charge in [-0.05, 0) is 6.42 Å². The average Bonchev–Trinajstić information content (AvgIpc) is 2.57. The van der Waals surface area contributed by atoms with Gasteiger partial charge in [-0.1, -0.05) is 90.4 Å². The lowest BCUT2D eigenvalue weighted by Crippen LogP contribution is -2.17. The molecule has 0 aromatic heterocycles. The summed E-state index contributed by atoms with van der Waals surface area (Å²) in [6, 6.07) is 0. The number of esters is 1. The Labute approximate surface area is 144 Å². The average molecular weight is 329 g/mol. The summed E-state index contributed by atoms with van der Waals surface area (Å²) in [4.78, 5) is 11.2. The summed E-state index contributed by atoms with van der Waals surface area (Å²) in [6.07, 6.45) is 19.1. The normalized spacial score (nSPS) is 12.3. The minimum absolute atomic E-state index is 0.0233. The molecule has 0 spiro atoms. The van der Waals surface area contributed by atoms with E-state index < -0.39 is 0 Å². The third kappa shape index (κ3) is 16.1. The third-order valence-corrected chi connectivity index (χ3v) is 4.58. The van der Waals surface area contributed by atoms with Crippen LogP contribution in [-0.4, -0.2) is 26.3 Å². The van der Waals surface area contributed by atoms with Crippen molar-refractivity contribution in [2.24, 2.45) is 0 Å². The van der Waals surface area contributed by atoms with Gasteiger partial charge in [0, 0.05) is 7.11 Å². The van der Waals surface area contributed by atoms with Crippen molar-refractivity contribution >= 4 is 5.97 Å². The fourth-order valence-corrected chi connectivity index (χ4v) is 2.96. The Morgan fingerprint density at radius 1 is 0.739 bits per heavy atom. The zero-order chi connectivity index (χ0) is 17.2. The van der Waals surface area contributed by atoms with Gasteiger partial charge in [-0.25, -0.2) is 0 Å². The number of rotatable bonds is 17. The molecular formula is C20H40O3. The lowest BCUT2D eigenvalue weighted by atomic mass is 10.0. The molecular weight excluding hydrogens is 288 g/mol. The van der Waals surface area contributed by atoms with E-state index in [1.165, 1.54) is 84.2 Å². The molecule has 0 fully saturated rings. The molecule has 138 valence electrons. The predicted octanol–water partition coefficient (Wildman–Crippen LogP) is 6.05. The van der Waals surface area contributed by atoms with Gasteiger partial charge >= 0.3 is 5.97 Å². The van der Waals surface area contributed by atoms with E-state index in [2.05, 4.69) is 11.7 Å². The van der Waals surface area contributed by atoms with Crippen molar-refractivity contribution in [3.8, 4) is 0 Å². The van der Waals surface area contributed by atoms with Crippen molar-refractivity contribution in [2.45, 2.75) is 109 Å². The molecule has 1 unspecified atom stereocenters. The van der Waals surface area contributed by atoms with Crippen LogP contribution in [-0.2, 0) is 14.3 Å². The highest BCUT2D eigenvalue weighted by molar-refractivity contribution is 5.69. The molecule has 0 radical (unpaired) electrons. The van der Waals surface area contributed by atoms with Gasteiger partial charge < -0.3 is 9.47 Å². The number of unbranched alkanes of at least 4 members (excludes halogenated alkanes) is 12. The molecule has 0 saturated heterocycles. The van der Waals surface area contributed by atoms with E-state index in [0.717, 1.165) is 12.8 Å². The minimum Gasteiger partial charge on any atom is -0.469 e. The molecule has 0 rings (SSSR count). The largest absolute Gasteiger partial charge is 0.469 e. The van der Waals surface area contributed by atoms with Crippen LogP contribution in [0.5, 0.6) is 0 Å². The fourth-order valence-electron chi connectivity index (χ4n) is 2.96. The second-order valence-electron chi connectivity index (χ2n) is 6.67. The first-order valence-electron chi connectivity index (χ1n) is 9.84. The molecule has 0 bridgehead atoms. The van der Waals surface area contributed by atoms with Crippen LogP contribution in [0.4, 0.5) is 0 Å². The van der Waals surface area contributed by atoms with Crippen molar-refractivity contribution < 1.29 is 14.3 Å². The molecule has 0 aromatic carbocycles. The van der Waals surface area contributed by atoms with Crippen molar-refractivity contribution in [3.63, 3.8) is 0 Å². The SMILES string of the molecule is CCCCCCCCCCCCCCCC(CC(=O)OC)OC. The van der Waals surface area contributed by atoms with Crippen molar-refractivity contribution in [2.75, 3.05) is 14.2 Å². The predicted molar refractivity (Wildman–Crippen MR) is 97.7 cm³/mol. The Balaban J connectivity index is 3.24. The summed E-state index contributed by atoms with van der Waals surface area (Å²) in [7, 11) is 3.11. The van der Waals surface area contributed by atoms with Crippen molar-refractivity contribution in [1.82, 2.24) is 0 Å². The number of hydrogen-bond donors (Lipinski definition) is 0. The zero-order valence-corrected chi connectivity index (χ0v) is 15.9. The molecule has 0 amide bonds. The summed E-state index contributed by atoms with van der Waals surface area (Å²) in [5, 5.41) is 0. The van der Waals surface area contributed by atoms with Gasteiger partial charge in [0.2, 0.25) is 0 Å². The highest BCUT2D eigenvalue weighted by Crippen LogP contribution is 2.14. The van der Waals surface area contributed by atoms with Gasteiger partial charge in [0.15, 0.2) is 0 Å². The van der Waals surface area contributed by atoms with Crippen molar-refractivity contribution in [1.29, 1.82) is 0 Å². The second-order valence-corrected chi connectivity index (χ2v) is 6.67. The maximum absolute atomic E-state index is 11.2. The second kappa shape index (κ2) is 17.8. The number of methoxy groups -OCH3 is 2. The number of carbonyl (C=O) groups is 1. The van der Waals surface area contributed by atoms with Crippen LogP contribution in [0.25, 0.3) is 0 Å². The lowest BCUT2D eigenvalue weighted by molar-refractivity contribution is -0.143. The molecule has 0 aromatic rings. The van der Waals surface area contributed by atoms with Crippen LogP contribution in [0.3, 0.4) is 0 Å². The van der Waals surface area contributed by atoms with Gasteiger partial charge in [0.25, 0.3) is 0 Å². The van der Waals surface area contributed by atoms with Crippen LogP contribution in [0.2, 0.25) is 0 Å². The zero-order valence-electron chi connectivity index (χ0n) is 15.9. The molecule has 23 heavy (non-hydrogen) atoms. The summed E-state index contributed by atoms with van der Waals surface area (Å²) >= 11 is 0. The summed E-state index contributed by atoms with van der Waals surface area (Å²) in [5.41, 5.74) is 0. The summed E-state index contributed by atoms with van der Waals surface area (Å²) < 4.78 is 10.0. The van der Waals surface area contributed by atoms with E-state index in [9.17, 15) is 4.79 Å². The monoisotopic (exact) mass is 328 g/mol. The number of ether oxygens (including phenoxy) is 2. The fraction of sp³-hybridized carbons (Fsp3) is 0.950. The quantitative estimate of drug-likeness (QED) is 0.241. The van der Waals surface area contributed by atoms with E-state index >= 15 is 0 Å². The highest BCUT2D eigenvalue weighted by atomic mass is 16.5. The van der Waals surface area contributed by atoms with Crippen LogP contribution >= 0.6 is 0 Å². The smallest absolute Gasteiger partial charge is 0.308 e. The molecule has 0 aliphatic heterocycles. The first-order valence-corrected chi connectivity index (χ1v) is 9.84. The van der Waals surface area contributed by atoms with Gasteiger partial charge in [-0.2, -0.15) is 0 Å². The molecule has 0 aliphatic rings. The lowest BCUT2D eigenvalue weighted by Gasteiger charge is -2.13. The van der Waals surface area contributed by atoms with Gasteiger partial charge in [0.1, 0.15) is 0 Å². The Morgan fingerprint density at radius 3 is 1.57 bits per heavy atom. The molecule has 3 heteroatoms. The molecule has 3 nitrogen and oxygen atoms in total. The van der Waals surface area contributed by atoms with Crippen molar-refractivity contribution in [3.05, 3.63) is 0 Å². The standard InChI is InChI=1S/C20H40O3/c1-4-5-6-7-8-9-10-11-12-13-14-15-16-17-19(22-2)18-20(21)23-3/h19H,4-18H2,1-3H3. The van der Waals surface area contributed by atoms with E-state index in [0.29, 0.717) is 6.42 Å². The van der Waals surface area contributed by atoms with E-state index in [1.807, 2.05) is 0 Å². The number of hydrogen-bond acceptors (Lipinski definition) is 3. The van der Waals surface area contributed by atoms with Crippen LogP contribution in [0.15, 0.2) is 0 Å². The third-order valence-electron chi connectivity index (χ3n) is 4.58. The highest BCUT2D eigenvalue weighted by Gasteiger charge is 2.12. The van der Waals surface area contributed by atoms with Crippen LogP contribution in [0, 0.1) is 0 Å². The number of carbonyl (C=O) groups excluding carboxylic acids is 1. The first-order chi connectivity index (χ1) is 11.2. The summed E-state index contributed by atoms with van der Waals surface area (Å²) in [6.45, 7) is 2.27. The first kappa shape index (κ1) is 22.4. The topological polar surface area (TPSA) is 35.5 Å². The van der Waals surface area contributed by atoms with E-state index in [-0.39, 0.29) is 12.1 Å². The molecule has 0 saturated carbocycles. The van der Waals surface area contributed by atoms with E-state index in [4.69, 9.17) is 4.74 Å². The van der Waals surface area contributed by atoms with Crippen LogP contribution < -0.4 is 0 Å². The van der Waals surface area contributed by atoms with Gasteiger partial charge in [0.05, 0.1) is 19.6 Å². The summed E-state index contributed by atoms with van der Waals surface area (Å²) in [5.74, 6) is -0.174. The van der Waals surface area contributed by atoms with E-state index in [1.54, 1.807) is 7.11 Å². The maximum atomic E-state index is 11.2. The maximum Gasteiger partial charge on any atom is 0.308 e. The van der Waals surface area contributed by atoms with Gasteiger partial charge in [-0.15, -0.1) is 0 Å². The molecule has 0 heterocycles. The Hall–Kier alpha value is -0.570. The Morgan fingerprint density at radius 2 is 1.17 bits per heavy atom. The van der Waals surface area contributed by atoms with Gasteiger partial charge in [-0.3, -0.25) is 4.79 Å². The molecule has 0 N–H and O–H groups in total.